The lowest BCUT2D eigenvalue weighted by Crippen LogP contribution is -2.38. The van der Waals surface area contributed by atoms with E-state index in [2.05, 4.69) is 23.5 Å². The Labute approximate surface area is 192 Å². The van der Waals surface area contributed by atoms with Gasteiger partial charge in [0.1, 0.15) is 5.75 Å². The van der Waals surface area contributed by atoms with Crippen molar-refractivity contribution in [3.8, 4) is 5.75 Å². The summed E-state index contributed by atoms with van der Waals surface area (Å²) >= 11 is 0. The fourth-order valence-corrected chi connectivity index (χ4v) is 4.75. The summed E-state index contributed by atoms with van der Waals surface area (Å²) in [6, 6.07) is 13.7. The van der Waals surface area contributed by atoms with E-state index in [9.17, 15) is 13.2 Å². The van der Waals surface area contributed by atoms with Gasteiger partial charge in [0.25, 0.3) is 5.91 Å². The van der Waals surface area contributed by atoms with E-state index in [4.69, 9.17) is 4.74 Å². The Kier molecular flexibility index (Phi) is 9.68. The maximum atomic E-state index is 13.0. The summed E-state index contributed by atoms with van der Waals surface area (Å²) in [5, 5.41) is 0. The number of carbonyl (C=O) groups excluding carboxylic acids is 1. The first-order chi connectivity index (χ1) is 15.3. The molecule has 0 aliphatic rings. The maximum Gasteiger partial charge on any atom is 0.253 e. The van der Waals surface area contributed by atoms with Crippen LogP contribution in [0.5, 0.6) is 5.75 Å². The number of nitrogens with one attached hydrogen (secondary N) is 1. The fourth-order valence-electron chi connectivity index (χ4n) is 3.71. The van der Waals surface area contributed by atoms with Gasteiger partial charge in [-0.2, -0.15) is 0 Å². The summed E-state index contributed by atoms with van der Waals surface area (Å²) in [6.07, 6.45) is 0. The zero-order valence-corrected chi connectivity index (χ0v) is 20.5. The van der Waals surface area contributed by atoms with Crippen LogP contribution in [0.3, 0.4) is 0 Å². The number of ether oxygens (including phenoxy) is 1. The predicted octanol–water partition coefficient (Wildman–Crippen LogP) is 3.54. The lowest BCUT2D eigenvalue weighted by atomic mass is 10.0. The molecule has 0 aromatic heterocycles. The number of methoxy groups -OCH3 is 1. The average molecular weight is 462 g/mol. The van der Waals surface area contributed by atoms with Crippen molar-refractivity contribution in [3.05, 3.63) is 59.7 Å². The maximum absolute atomic E-state index is 13.0. The van der Waals surface area contributed by atoms with Crippen molar-refractivity contribution in [3.63, 3.8) is 0 Å². The van der Waals surface area contributed by atoms with Gasteiger partial charge in [0.05, 0.1) is 12.0 Å². The summed E-state index contributed by atoms with van der Waals surface area (Å²) in [6.45, 7) is 10.9. The number of sulfonamides is 1. The monoisotopic (exact) mass is 461 g/mol. The molecule has 0 fully saturated rings. The highest BCUT2D eigenvalue weighted by molar-refractivity contribution is 7.89. The zero-order chi connectivity index (χ0) is 23.7. The van der Waals surface area contributed by atoms with Gasteiger partial charge in [-0.25, -0.2) is 13.1 Å². The Hall–Kier alpha value is -2.42. The molecule has 7 nitrogen and oxygen atoms in total. The second kappa shape index (κ2) is 12.0. The van der Waals surface area contributed by atoms with Gasteiger partial charge in [-0.15, -0.1) is 0 Å². The molecule has 0 saturated heterocycles. The number of hydrogen-bond donors (Lipinski definition) is 1. The third kappa shape index (κ3) is 6.31. The predicted molar refractivity (Wildman–Crippen MR) is 128 cm³/mol. The minimum absolute atomic E-state index is 0.105. The van der Waals surface area contributed by atoms with Crippen LogP contribution in [0.4, 0.5) is 0 Å². The van der Waals surface area contributed by atoms with Crippen LogP contribution in [0.2, 0.25) is 0 Å². The van der Waals surface area contributed by atoms with Crippen molar-refractivity contribution >= 4 is 15.9 Å². The van der Waals surface area contributed by atoms with Gasteiger partial charge in [-0.05, 0) is 68.9 Å². The number of amides is 1. The van der Waals surface area contributed by atoms with Crippen molar-refractivity contribution in [1.29, 1.82) is 0 Å². The molecule has 1 amide bonds. The van der Waals surface area contributed by atoms with Gasteiger partial charge in [-0.1, -0.05) is 26.0 Å². The van der Waals surface area contributed by atoms with Crippen molar-refractivity contribution < 1.29 is 17.9 Å². The summed E-state index contributed by atoms with van der Waals surface area (Å²) < 4.78 is 34.0. The Balaban J connectivity index is 2.22. The number of benzene rings is 2. The van der Waals surface area contributed by atoms with E-state index >= 15 is 0 Å². The van der Waals surface area contributed by atoms with Crippen LogP contribution in [0.1, 0.15) is 49.7 Å². The van der Waals surface area contributed by atoms with E-state index in [1.54, 1.807) is 24.1 Å². The van der Waals surface area contributed by atoms with Crippen molar-refractivity contribution in [1.82, 2.24) is 14.5 Å². The Morgan fingerprint density at radius 3 is 2.12 bits per heavy atom. The van der Waals surface area contributed by atoms with E-state index in [1.165, 1.54) is 12.1 Å². The minimum Gasteiger partial charge on any atom is -0.497 e. The topological polar surface area (TPSA) is 79.0 Å². The molecule has 2 aromatic rings. The van der Waals surface area contributed by atoms with Crippen LogP contribution in [-0.4, -0.2) is 64.0 Å². The molecule has 0 aliphatic carbocycles. The molecule has 0 spiro atoms. The van der Waals surface area contributed by atoms with E-state index < -0.39 is 10.0 Å². The number of rotatable bonds is 12. The second-order valence-corrected chi connectivity index (χ2v) is 9.13. The van der Waals surface area contributed by atoms with Gasteiger partial charge in [0.2, 0.25) is 10.0 Å². The van der Waals surface area contributed by atoms with Crippen molar-refractivity contribution in [2.45, 2.75) is 38.6 Å². The first-order valence-electron chi connectivity index (χ1n) is 11.1. The van der Waals surface area contributed by atoms with E-state index in [-0.39, 0.29) is 23.4 Å². The molecule has 8 heteroatoms. The smallest absolute Gasteiger partial charge is 0.253 e. The first kappa shape index (κ1) is 25.8. The molecule has 1 atom stereocenters. The zero-order valence-electron chi connectivity index (χ0n) is 19.7. The van der Waals surface area contributed by atoms with Crippen LogP contribution < -0.4 is 9.46 Å². The normalized spacial score (nSPS) is 12.6. The van der Waals surface area contributed by atoms with E-state index in [1.807, 2.05) is 38.1 Å². The molecule has 0 heterocycles. The largest absolute Gasteiger partial charge is 0.497 e. The van der Waals surface area contributed by atoms with Gasteiger partial charge in [0, 0.05) is 31.2 Å². The minimum atomic E-state index is -3.74. The Bertz CT molecular complexity index is 969. The van der Waals surface area contributed by atoms with Crippen LogP contribution in [-0.2, 0) is 10.0 Å². The molecule has 0 bridgehead atoms. The number of carbonyl (C=O) groups is 1. The highest BCUT2D eigenvalue weighted by atomic mass is 32.2. The van der Waals surface area contributed by atoms with E-state index in [0.717, 1.165) is 24.4 Å². The highest BCUT2D eigenvalue weighted by Gasteiger charge is 2.23. The number of nitrogens with zero attached hydrogens (tertiary/aromatic N) is 2. The standard InChI is InChI=1S/C24H35N3O4S/c1-6-26(7-2)23(20-11-10-12-21(17-20)31-5)18-25-32(29,30)22-15-13-19(14-16-22)24(28)27(8-3)9-4/h10-17,23,25H,6-9,18H2,1-5H3. The molecule has 176 valence electrons. The van der Waals surface area contributed by atoms with Gasteiger partial charge >= 0.3 is 0 Å². The summed E-state index contributed by atoms with van der Waals surface area (Å²) in [4.78, 5) is 16.5. The number of likely N-dealkylation sites (N-methyl/N-ethyl adjacent to an activating group) is 1. The van der Waals surface area contributed by atoms with E-state index in [0.29, 0.717) is 18.7 Å². The molecule has 1 N–H and O–H groups in total. The van der Waals surface area contributed by atoms with Gasteiger partial charge < -0.3 is 9.64 Å². The summed E-state index contributed by atoms with van der Waals surface area (Å²) in [5.41, 5.74) is 1.46. The number of hydrogen-bond acceptors (Lipinski definition) is 5. The molecular weight excluding hydrogens is 426 g/mol. The van der Waals surface area contributed by atoms with Crippen LogP contribution in [0.15, 0.2) is 53.4 Å². The Morgan fingerprint density at radius 2 is 1.59 bits per heavy atom. The molecule has 0 radical (unpaired) electrons. The average Bonchev–Trinajstić information content (AvgIpc) is 2.82. The molecule has 0 saturated carbocycles. The van der Waals surface area contributed by atoms with Crippen LogP contribution in [0.25, 0.3) is 0 Å². The summed E-state index contributed by atoms with van der Waals surface area (Å²) in [7, 11) is -2.12. The third-order valence-electron chi connectivity index (χ3n) is 5.66. The molecule has 0 aliphatic heterocycles. The van der Waals surface area contributed by atoms with Crippen molar-refractivity contribution in [2.75, 3.05) is 39.8 Å². The lowest BCUT2D eigenvalue weighted by Gasteiger charge is -2.30. The van der Waals surface area contributed by atoms with Gasteiger partial charge in [-0.3, -0.25) is 9.69 Å². The molecule has 2 rings (SSSR count). The van der Waals surface area contributed by atoms with Crippen molar-refractivity contribution in [2.24, 2.45) is 0 Å². The first-order valence-corrected chi connectivity index (χ1v) is 12.6. The lowest BCUT2D eigenvalue weighted by molar-refractivity contribution is 0.0773. The molecule has 2 aromatic carbocycles. The molecule has 32 heavy (non-hydrogen) atoms. The second-order valence-electron chi connectivity index (χ2n) is 7.37. The fraction of sp³-hybridized carbons (Fsp3) is 0.458. The highest BCUT2D eigenvalue weighted by Crippen LogP contribution is 2.24. The SMILES string of the molecule is CCN(CC)C(=O)c1ccc(S(=O)(=O)NCC(c2cccc(OC)c2)N(CC)CC)cc1. The molecule has 1 unspecified atom stereocenters. The summed E-state index contributed by atoms with van der Waals surface area (Å²) in [5.74, 6) is 0.627. The Morgan fingerprint density at radius 1 is 0.969 bits per heavy atom. The third-order valence-corrected chi connectivity index (χ3v) is 7.10. The van der Waals surface area contributed by atoms with Crippen LogP contribution >= 0.6 is 0 Å². The van der Waals surface area contributed by atoms with Gasteiger partial charge in [0.15, 0.2) is 0 Å². The quantitative estimate of drug-likeness (QED) is 0.523. The molecular formula is C24H35N3O4S. The van der Waals surface area contributed by atoms with Crippen LogP contribution in [0, 0.1) is 0 Å².